The zero-order chi connectivity index (χ0) is 24.1. The normalized spacial score (nSPS) is 18.6. The summed E-state index contributed by atoms with van der Waals surface area (Å²) in [5.41, 5.74) is 0.781. The summed E-state index contributed by atoms with van der Waals surface area (Å²) in [5.74, 6) is -0.333. The van der Waals surface area contributed by atoms with Crippen LogP contribution in [0.15, 0.2) is 23.0 Å². The molecule has 2 aromatic heterocycles. The van der Waals surface area contributed by atoms with E-state index in [0.717, 1.165) is 29.1 Å². The van der Waals surface area contributed by atoms with Gasteiger partial charge in [-0.2, -0.15) is 0 Å². The number of thiophene rings is 1. The molecule has 0 bridgehead atoms. The average molecular weight is 490 g/mol. The van der Waals surface area contributed by atoms with Crippen molar-refractivity contribution in [3.8, 4) is 5.75 Å². The van der Waals surface area contributed by atoms with E-state index < -0.39 is 5.97 Å². The number of amides is 1. The number of nitrogens with one attached hydrogen (secondary N) is 1. The lowest BCUT2D eigenvalue weighted by molar-refractivity contribution is -0.114. The molecule has 1 amide bonds. The van der Waals surface area contributed by atoms with Crippen LogP contribution >= 0.6 is 11.3 Å². The van der Waals surface area contributed by atoms with Crippen molar-refractivity contribution in [2.75, 3.05) is 38.7 Å². The maximum atomic E-state index is 13.0. The van der Waals surface area contributed by atoms with Crippen LogP contribution in [0.1, 0.15) is 47.1 Å². The number of hydrogen-bond donors (Lipinski definition) is 1. The van der Waals surface area contributed by atoms with Crippen LogP contribution < -0.4 is 15.6 Å². The third-order valence-electron chi connectivity index (χ3n) is 6.11. The molecule has 9 nitrogen and oxygen atoms in total. The monoisotopic (exact) mass is 489 g/mol. The van der Waals surface area contributed by atoms with Crippen LogP contribution in [0.25, 0.3) is 0 Å². The number of fused-ring (bicyclic) bond motifs is 1. The van der Waals surface area contributed by atoms with Crippen molar-refractivity contribution >= 4 is 28.2 Å². The maximum Gasteiger partial charge on any atom is 0.343 e. The van der Waals surface area contributed by atoms with Crippen LogP contribution in [0, 0.1) is 0 Å². The topological polar surface area (TPSA) is 99.1 Å². The second kappa shape index (κ2) is 11.2. The first-order valence-corrected chi connectivity index (χ1v) is 12.4. The third-order valence-corrected chi connectivity index (χ3v) is 7.10. The number of esters is 1. The molecule has 0 aliphatic carbocycles. The standard InChI is InChI=1S/C24H31N3O6S/c1-16(28)25-21-7-6-18(34-21)14-26-9-8-19-23(24(30)31-2)20(13-22(29)27(19)11-10-26)33-15-17-5-3-4-12-32-17/h6-7,13,17H,3-5,8-12,14-15H2,1-2H3,(H,25,28)/t17-/m1/s1. The summed E-state index contributed by atoms with van der Waals surface area (Å²) < 4.78 is 18.4. The van der Waals surface area contributed by atoms with Gasteiger partial charge in [-0.15, -0.1) is 11.3 Å². The van der Waals surface area contributed by atoms with E-state index >= 15 is 0 Å². The molecule has 0 unspecified atom stereocenters. The minimum Gasteiger partial charge on any atom is -0.490 e. The molecule has 1 N–H and O–H groups in total. The average Bonchev–Trinajstić information content (AvgIpc) is 3.14. The second-order valence-corrected chi connectivity index (χ2v) is 9.75. The van der Waals surface area contributed by atoms with Gasteiger partial charge >= 0.3 is 5.97 Å². The SMILES string of the molecule is COC(=O)c1c(OC[C@H]2CCCCO2)cc(=O)n2c1CCN(Cc1ccc(NC(C)=O)s1)CC2. The fourth-order valence-corrected chi connectivity index (χ4v) is 5.43. The van der Waals surface area contributed by atoms with Crippen molar-refractivity contribution in [3.63, 3.8) is 0 Å². The lowest BCUT2D eigenvalue weighted by Crippen LogP contribution is -2.30. The van der Waals surface area contributed by atoms with Crippen LogP contribution in [0.2, 0.25) is 0 Å². The van der Waals surface area contributed by atoms with Gasteiger partial charge in [0.05, 0.1) is 18.2 Å². The Bertz CT molecular complexity index is 1090. The van der Waals surface area contributed by atoms with E-state index in [-0.39, 0.29) is 23.3 Å². The molecule has 2 aliphatic heterocycles. The number of methoxy groups -OCH3 is 1. The van der Waals surface area contributed by atoms with Gasteiger partial charge in [-0.3, -0.25) is 14.5 Å². The Kier molecular flexibility index (Phi) is 8.02. The van der Waals surface area contributed by atoms with E-state index in [4.69, 9.17) is 14.2 Å². The van der Waals surface area contributed by atoms with Crippen molar-refractivity contribution in [1.82, 2.24) is 9.47 Å². The Morgan fingerprint density at radius 2 is 2.09 bits per heavy atom. The quantitative estimate of drug-likeness (QED) is 0.597. The summed E-state index contributed by atoms with van der Waals surface area (Å²) in [6, 6.07) is 5.29. The molecule has 10 heteroatoms. The summed E-state index contributed by atoms with van der Waals surface area (Å²) in [5, 5.41) is 3.62. The minimum atomic E-state index is -0.505. The van der Waals surface area contributed by atoms with Crippen molar-refractivity contribution in [2.24, 2.45) is 0 Å². The minimum absolute atomic E-state index is 0.0375. The number of carbonyl (C=O) groups excluding carboxylic acids is 2. The van der Waals surface area contributed by atoms with Crippen molar-refractivity contribution in [3.05, 3.63) is 44.7 Å². The van der Waals surface area contributed by atoms with Crippen LogP contribution in [-0.4, -0.2) is 60.9 Å². The van der Waals surface area contributed by atoms with E-state index in [2.05, 4.69) is 10.2 Å². The predicted molar refractivity (Wildman–Crippen MR) is 129 cm³/mol. The zero-order valence-electron chi connectivity index (χ0n) is 19.6. The Hall–Kier alpha value is -2.69. The highest BCUT2D eigenvalue weighted by atomic mass is 32.1. The summed E-state index contributed by atoms with van der Waals surface area (Å²) in [6.07, 6.45) is 3.50. The molecule has 1 atom stereocenters. The van der Waals surface area contributed by atoms with Gasteiger partial charge in [0, 0.05) is 62.8 Å². The highest BCUT2D eigenvalue weighted by molar-refractivity contribution is 7.16. The summed E-state index contributed by atoms with van der Waals surface area (Å²) in [4.78, 5) is 40.4. The molecule has 0 aromatic carbocycles. The lowest BCUT2D eigenvalue weighted by Gasteiger charge is -2.24. The fourth-order valence-electron chi connectivity index (χ4n) is 4.43. The third kappa shape index (κ3) is 5.86. The Morgan fingerprint density at radius 1 is 1.24 bits per heavy atom. The van der Waals surface area contributed by atoms with Gasteiger partial charge in [-0.25, -0.2) is 4.79 Å². The van der Waals surface area contributed by atoms with Gasteiger partial charge in [0.2, 0.25) is 5.91 Å². The van der Waals surface area contributed by atoms with E-state index in [0.29, 0.717) is 57.1 Å². The molecule has 0 saturated carbocycles. The first kappa shape index (κ1) is 24.4. The maximum absolute atomic E-state index is 13.0. The summed E-state index contributed by atoms with van der Waals surface area (Å²) >= 11 is 1.53. The van der Waals surface area contributed by atoms with Crippen molar-refractivity contribution in [2.45, 2.75) is 51.8 Å². The number of rotatable bonds is 7. The van der Waals surface area contributed by atoms with Crippen molar-refractivity contribution < 1.29 is 23.8 Å². The number of anilines is 1. The van der Waals surface area contributed by atoms with E-state index in [1.54, 1.807) is 4.57 Å². The van der Waals surface area contributed by atoms with E-state index in [9.17, 15) is 14.4 Å². The van der Waals surface area contributed by atoms with Gasteiger partial charge in [-0.1, -0.05) is 0 Å². The van der Waals surface area contributed by atoms with Gasteiger partial charge in [-0.05, 0) is 31.4 Å². The van der Waals surface area contributed by atoms with Gasteiger partial charge < -0.3 is 24.1 Å². The molecule has 2 aliphatic rings. The van der Waals surface area contributed by atoms with Gasteiger partial charge in [0.15, 0.2) is 0 Å². The van der Waals surface area contributed by atoms with Gasteiger partial charge in [0.1, 0.15) is 17.9 Å². The number of ether oxygens (including phenoxy) is 3. The van der Waals surface area contributed by atoms with E-state index in [1.165, 1.54) is 31.4 Å². The molecule has 0 spiro atoms. The van der Waals surface area contributed by atoms with Crippen molar-refractivity contribution in [1.29, 1.82) is 0 Å². The molecule has 34 heavy (non-hydrogen) atoms. The Labute approximate surface area is 202 Å². The number of nitrogens with zero attached hydrogens (tertiary/aromatic N) is 2. The highest BCUT2D eigenvalue weighted by Gasteiger charge is 2.27. The second-order valence-electron chi connectivity index (χ2n) is 8.58. The molecular weight excluding hydrogens is 458 g/mol. The largest absolute Gasteiger partial charge is 0.490 e. The molecule has 4 rings (SSSR count). The number of carbonyl (C=O) groups is 2. The predicted octanol–water partition coefficient (Wildman–Crippen LogP) is 2.66. The molecule has 0 radical (unpaired) electrons. The Balaban J connectivity index is 1.52. The molecule has 1 saturated heterocycles. The van der Waals surface area contributed by atoms with Crippen LogP contribution in [0.4, 0.5) is 5.00 Å². The first-order valence-electron chi connectivity index (χ1n) is 11.6. The van der Waals surface area contributed by atoms with Crippen LogP contribution in [0.3, 0.4) is 0 Å². The zero-order valence-corrected chi connectivity index (χ0v) is 20.4. The van der Waals surface area contributed by atoms with Crippen LogP contribution in [0.5, 0.6) is 5.75 Å². The van der Waals surface area contributed by atoms with Gasteiger partial charge in [0.25, 0.3) is 5.56 Å². The van der Waals surface area contributed by atoms with E-state index in [1.807, 2.05) is 12.1 Å². The smallest absolute Gasteiger partial charge is 0.343 e. The number of hydrogen-bond acceptors (Lipinski definition) is 8. The molecule has 2 aromatic rings. The first-order chi connectivity index (χ1) is 16.4. The molecule has 4 heterocycles. The van der Waals surface area contributed by atoms with Crippen LogP contribution in [-0.2, 0) is 33.8 Å². The number of pyridine rings is 1. The summed E-state index contributed by atoms with van der Waals surface area (Å²) in [7, 11) is 1.34. The lowest BCUT2D eigenvalue weighted by atomic mass is 10.1. The number of aromatic nitrogens is 1. The Morgan fingerprint density at radius 3 is 2.82 bits per heavy atom. The molecular formula is C24H31N3O6S. The molecule has 184 valence electrons. The summed E-state index contributed by atoms with van der Waals surface area (Å²) in [6.45, 7) is 4.99. The highest BCUT2D eigenvalue weighted by Crippen LogP contribution is 2.27. The molecule has 1 fully saturated rings. The fraction of sp³-hybridized carbons (Fsp3) is 0.542.